The summed E-state index contributed by atoms with van der Waals surface area (Å²) in [6.45, 7) is 2.43. The molecular weight excluding hydrogens is 456 g/mol. The lowest BCUT2D eigenvalue weighted by Crippen LogP contribution is -2.52. The second-order valence-electron chi connectivity index (χ2n) is 9.45. The first-order valence-electron chi connectivity index (χ1n) is 12.4. The van der Waals surface area contributed by atoms with Crippen LogP contribution in [-0.2, 0) is 29.0 Å². The number of benzene rings is 3. The van der Waals surface area contributed by atoms with E-state index in [2.05, 4.69) is 5.32 Å². The lowest BCUT2D eigenvalue weighted by molar-refractivity contribution is -0.141. The van der Waals surface area contributed by atoms with E-state index in [1.54, 1.807) is 17.0 Å². The maximum absolute atomic E-state index is 13.8. The monoisotopic (exact) mass is 488 g/mol. The van der Waals surface area contributed by atoms with E-state index in [1.807, 2.05) is 73.7 Å². The molecule has 1 N–H and O–H groups in total. The van der Waals surface area contributed by atoms with E-state index in [1.165, 1.54) is 0 Å². The highest BCUT2D eigenvalue weighted by molar-refractivity contribution is 6.30. The van der Waals surface area contributed by atoms with Gasteiger partial charge in [-0.25, -0.2) is 0 Å². The van der Waals surface area contributed by atoms with Gasteiger partial charge in [-0.2, -0.15) is 0 Å². The number of carbonyl (C=O) groups excluding carboxylic acids is 2. The third-order valence-electron chi connectivity index (χ3n) is 6.84. The molecule has 1 fully saturated rings. The van der Waals surface area contributed by atoms with Crippen LogP contribution in [0.5, 0.6) is 0 Å². The van der Waals surface area contributed by atoms with E-state index in [0.717, 1.165) is 47.9 Å². The molecule has 0 radical (unpaired) electrons. The van der Waals surface area contributed by atoms with Gasteiger partial charge in [-0.15, -0.1) is 0 Å². The smallest absolute Gasteiger partial charge is 0.243 e. The second kappa shape index (κ2) is 12.0. The zero-order chi connectivity index (χ0) is 24.6. The number of aryl methyl sites for hydroxylation is 1. The van der Waals surface area contributed by atoms with Gasteiger partial charge in [0.1, 0.15) is 6.04 Å². The largest absolute Gasteiger partial charge is 0.352 e. The van der Waals surface area contributed by atoms with Crippen LogP contribution in [0.2, 0.25) is 5.02 Å². The Hall–Kier alpha value is -3.11. The van der Waals surface area contributed by atoms with E-state index < -0.39 is 6.04 Å². The molecule has 4 rings (SSSR count). The van der Waals surface area contributed by atoms with Gasteiger partial charge in [0, 0.05) is 24.0 Å². The van der Waals surface area contributed by atoms with Crippen LogP contribution in [0.15, 0.2) is 78.9 Å². The molecule has 1 aliphatic rings. The first-order valence-corrected chi connectivity index (χ1v) is 12.8. The SMILES string of the molecule is Cc1ccccc1CN(C(=O)Cc1ccc(Cl)cc1)C(Cc1ccccc1)C(=O)NC1CCCC1. The van der Waals surface area contributed by atoms with Crippen molar-refractivity contribution < 1.29 is 9.59 Å². The van der Waals surface area contributed by atoms with Crippen LogP contribution in [0.25, 0.3) is 0 Å². The fourth-order valence-corrected chi connectivity index (χ4v) is 4.90. The van der Waals surface area contributed by atoms with Crippen molar-refractivity contribution in [2.45, 2.75) is 64.1 Å². The highest BCUT2D eigenvalue weighted by Crippen LogP contribution is 2.21. The Balaban J connectivity index is 1.66. The predicted molar refractivity (Wildman–Crippen MR) is 141 cm³/mol. The van der Waals surface area contributed by atoms with Crippen molar-refractivity contribution in [1.82, 2.24) is 10.2 Å². The minimum Gasteiger partial charge on any atom is -0.352 e. The second-order valence-corrected chi connectivity index (χ2v) is 9.88. The quantitative estimate of drug-likeness (QED) is 0.408. The summed E-state index contributed by atoms with van der Waals surface area (Å²) in [5.41, 5.74) is 4.06. The van der Waals surface area contributed by atoms with Crippen molar-refractivity contribution in [3.05, 3.63) is 106 Å². The van der Waals surface area contributed by atoms with Gasteiger partial charge < -0.3 is 10.2 Å². The number of carbonyl (C=O) groups is 2. The zero-order valence-corrected chi connectivity index (χ0v) is 21.0. The van der Waals surface area contributed by atoms with E-state index in [0.29, 0.717) is 18.0 Å². The van der Waals surface area contributed by atoms with Gasteiger partial charge in [-0.05, 0) is 54.2 Å². The van der Waals surface area contributed by atoms with Crippen molar-refractivity contribution in [3.8, 4) is 0 Å². The number of hydrogen-bond acceptors (Lipinski definition) is 2. The number of halogens is 1. The van der Waals surface area contributed by atoms with Gasteiger partial charge in [0.25, 0.3) is 0 Å². The van der Waals surface area contributed by atoms with Crippen molar-refractivity contribution >= 4 is 23.4 Å². The standard InChI is InChI=1S/C30H33ClN2O2/c1-22-9-5-6-12-25(22)21-33(29(34)20-24-15-17-26(31)18-16-24)28(19-23-10-3-2-4-11-23)30(35)32-27-13-7-8-14-27/h2-6,9-12,15-18,27-28H,7-8,13-14,19-21H2,1H3,(H,32,35). The molecule has 0 bridgehead atoms. The molecule has 0 aromatic heterocycles. The maximum Gasteiger partial charge on any atom is 0.243 e. The van der Waals surface area contributed by atoms with Crippen LogP contribution < -0.4 is 5.32 Å². The fraction of sp³-hybridized carbons (Fsp3) is 0.333. The molecule has 3 aromatic carbocycles. The Morgan fingerprint density at radius 1 is 0.914 bits per heavy atom. The Labute approximate surface area is 213 Å². The number of nitrogens with one attached hydrogen (secondary N) is 1. The van der Waals surface area contributed by atoms with Crippen molar-refractivity contribution in [2.24, 2.45) is 0 Å². The van der Waals surface area contributed by atoms with E-state index >= 15 is 0 Å². The van der Waals surface area contributed by atoms with Gasteiger partial charge in [0.05, 0.1) is 6.42 Å². The van der Waals surface area contributed by atoms with Gasteiger partial charge in [0.15, 0.2) is 0 Å². The van der Waals surface area contributed by atoms with Gasteiger partial charge in [-0.1, -0.05) is 91.2 Å². The summed E-state index contributed by atoms with van der Waals surface area (Å²) in [5, 5.41) is 3.89. The molecule has 2 amide bonds. The lowest BCUT2D eigenvalue weighted by Gasteiger charge is -2.33. The van der Waals surface area contributed by atoms with Crippen LogP contribution in [-0.4, -0.2) is 28.8 Å². The maximum atomic E-state index is 13.8. The molecule has 0 spiro atoms. The van der Waals surface area contributed by atoms with Crippen molar-refractivity contribution in [1.29, 1.82) is 0 Å². The normalized spacial score (nSPS) is 14.5. The molecule has 5 heteroatoms. The molecule has 35 heavy (non-hydrogen) atoms. The summed E-state index contributed by atoms with van der Waals surface area (Å²) in [6, 6.07) is 24.9. The fourth-order valence-electron chi connectivity index (χ4n) is 4.77. The number of hydrogen-bond donors (Lipinski definition) is 1. The van der Waals surface area contributed by atoms with E-state index in [9.17, 15) is 9.59 Å². The molecule has 0 saturated heterocycles. The molecule has 182 valence electrons. The molecule has 1 saturated carbocycles. The van der Waals surface area contributed by atoms with Crippen LogP contribution in [0, 0.1) is 6.92 Å². The minimum absolute atomic E-state index is 0.0706. The molecule has 1 atom stereocenters. The first kappa shape index (κ1) is 25.0. The Kier molecular flexibility index (Phi) is 8.59. The van der Waals surface area contributed by atoms with E-state index in [-0.39, 0.29) is 24.3 Å². The minimum atomic E-state index is -0.600. The molecule has 3 aromatic rings. The molecular formula is C30H33ClN2O2. The predicted octanol–water partition coefficient (Wildman–Crippen LogP) is 5.89. The summed E-state index contributed by atoms with van der Waals surface area (Å²) in [4.78, 5) is 29.3. The molecule has 0 aliphatic heterocycles. The third-order valence-corrected chi connectivity index (χ3v) is 7.10. The van der Waals surface area contributed by atoms with Crippen LogP contribution in [0.1, 0.15) is 47.9 Å². The Bertz CT molecular complexity index is 1120. The van der Waals surface area contributed by atoms with Crippen LogP contribution in [0.4, 0.5) is 0 Å². The molecule has 4 nitrogen and oxygen atoms in total. The average Bonchev–Trinajstić information content (AvgIpc) is 3.37. The average molecular weight is 489 g/mol. The molecule has 1 aliphatic carbocycles. The van der Waals surface area contributed by atoms with Crippen LogP contribution >= 0.6 is 11.6 Å². The Morgan fingerprint density at radius 2 is 1.57 bits per heavy atom. The zero-order valence-electron chi connectivity index (χ0n) is 20.3. The first-order chi connectivity index (χ1) is 17.0. The molecule has 1 unspecified atom stereocenters. The third kappa shape index (κ3) is 6.95. The Morgan fingerprint density at radius 3 is 2.26 bits per heavy atom. The lowest BCUT2D eigenvalue weighted by atomic mass is 10.00. The number of nitrogens with zero attached hydrogens (tertiary/aromatic N) is 1. The van der Waals surface area contributed by atoms with Crippen molar-refractivity contribution in [3.63, 3.8) is 0 Å². The molecule has 0 heterocycles. The topological polar surface area (TPSA) is 49.4 Å². The summed E-state index contributed by atoms with van der Waals surface area (Å²) in [6.07, 6.45) is 4.96. The number of amides is 2. The van der Waals surface area contributed by atoms with Crippen molar-refractivity contribution in [2.75, 3.05) is 0 Å². The highest BCUT2D eigenvalue weighted by atomic mass is 35.5. The summed E-state index contributed by atoms with van der Waals surface area (Å²) < 4.78 is 0. The number of rotatable bonds is 9. The summed E-state index contributed by atoms with van der Waals surface area (Å²) in [7, 11) is 0. The summed E-state index contributed by atoms with van der Waals surface area (Å²) >= 11 is 6.05. The van der Waals surface area contributed by atoms with Crippen LogP contribution in [0.3, 0.4) is 0 Å². The van der Waals surface area contributed by atoms with Gasteiger partial charge in [-0.3, -0.25) is 9.59 Å². The highest BCUT2D eigenvalue weighted by Gasteiger charge is 2.32. The van der Waals surface area contributed by atoms with Gasteiger partial charge >= 0.3 is 0 Å². The van der Waals surface area contributed by atoms with Gasteiger partial charge in [0.2, 0.25) is 11.8 Å². The summed E-state index contributed by atoms with van der Waals surface area (Å²) in [5.74, 6) is -0.142. The van der Waals surface area contributed by atoms with E-state index in [4.69, 9.17) is 11.6 Å².